The van der Waals surface area contributed by atoms with Crippen LogP contribution in [0, 0.1) is 0 Å². The summed E-state index contributed by atoms with van der Waals surface area (Å²) in [6.45, 7) is -2.12. The number of aliphatic hydroxyl groups is 1. The Balaban J connectivity index is 2.18. The molecule has 2 N–H and O–H groups in total. The van der Waals surface area contributed by atoms with Gasteiger partial charge in [-0.05, 0) is 11.6 Å². The predicted molar refractivity (Wildman–Crippen MR) is 60.3 cm³/mol. The van der Waals surface area contributed by atoms with Gasteiger partial charge in [-0.15, -0.1) is 0 Å². The fourth-order valence-electron chi connectivity index (χ4n) is 1.10. The first-order valence-corrected chi connectivity index (χ1v) is 5.37. The van der Waals surface area contributed by atoms with E-state index < -0.39 is 19.1 Å². The Morgan fingerprint density at radius 3 is 2.79 bits per heavy atom. The molecule has 0 amide bonds. The highest BCUT2D eigenvalue weighted by atomic mass is 35.5. The van der Waals surface area contributed by atoms with Crippen molar-refractivity contribution in [3.05, 3.63) is 17.9 Å². The molecule has 0 aliphatic rings. The number of nitrogens with zero attached hydrogens (tertiary/aromatic N) is 6. The van der Waals surface area contributed by atoms with Gasteiger partial charge < -0.3 is 10.4 Å². The van der Waals surface area contributed by atoms with E-state index in [9.17, 15) is 8.78 Å². The minimum Gasteiger partial charge on any atom is -0.390 e. The molecule has 0 radical (unpaired) electrons. The second-order valence-electron chi connectivity index (χ2n) is 3.44. The maximum atomic E-state index is 12.9. The summed E-state index contributed by atoms with van der Waals surface area (Å²) in [5.41, 5.74) is 0. The maximum absolute atomic E-state index is 12.9. The summed E-state index contributed by atoms with van der Waals surface area (Å²) in [5, 5.41) is 14.3. The van der Waals surface area contributed by atoms with Crippen LogP contribution in [0.5, 0.6) is 0 Å². The van der Waals surface area contributed by atoms with Crippen molar-refractivity contribution >= 4 is 17.5 Å². The van der Waals surface area contributed by atoms with E-state index in [4.69, 9.17) is 16.7 Å². The van der Waals surface area contributed by atoms with Crippen LogP contribution in [0.4, 0.5) is 14.7 Å². The van der Waals surface area contributed by atoms with Crippen molar-refractivity contribution in [1.82, 2.24) is 29.7 Å². The maximum Gasteiger partial charge on any atom is 0.287 e. The highest BCUT2D eigenvalue weighted by molar-refractivity contribution is 6.28. The van der Waals surface area contributed by atoms with Crippen LogP contribution < -0.4 is 5.32 Å². The Labute approximate surface area is 110 Å². The molecule has 0 unspecified atom stereocenters. The summed E-state index contributed by atoms with van der Waals surface area (Å²) >= 11 is 5.65. The number of alkyl halides is 2. The van der Waals surface area contributed by atoms with Gasteiger partial charge in [0.1, 0.15) is 19.3 Å². The number of aliphatic hydroxyl groups excluding tert-OH is 1. The van der Waals surface area contributed by atoms with Crippen molar-refractivity contribution in [3.63, 3.8) is 0 Å². The van der Waals surface area contributed by atoms with Crippen molar-refractivity contribution in [3.8, 4) is 5.95 Å². The molecule has 2 heterocycles. The number of halogens is 3. The van der Waals surface area contributed by atoms with Gasteiger partial charge in [-0.25, -0.2) is 13.8 Å². The van der Waals surface area contributed by atoms with Crippen LogP contribution in [-0.4, -0.2) is 53.9 Å². The van der Waals surface area contributed by atoms with E-state index >= 15 is 0 Å². The lowest BCUT2D eigenvalue weighted by molar-refractivity contribution is -0.0374. The fraction of sp³-hybridized carbons (Fsp3) is 0.375. The lowest BCUT2D eigenvalue weighted by Gasteiger charge is -2.13. The summed E-state index contributed by atoms with van der Waals surface area (Å²) < 4.78 is 26.9. The Bertz CT molecular complexity index is 550. The SMILES string of the molecule is OCC(F)(F)CNc1nc(Cl)nc(-n2cncn2)n1. The van der Waals surface area contributed by atoms with Crippen LogP contribution in [-0.2, 0) is 0 Å². The molecule has 0 saturated heterocycles. The van der Waals surface area contributed by atoms with Crippen molar-refractivity contribution in [2.45, 2.75) is 5.92 Å². The van der Waals surface area contributed by atoms with E-state index in [0.29, 0.717) is 0 Å². The lowest BCUT2D eigenvalue weighted by atomic mass is 10.3. The number of hydrogen-bond acceptors (Lipinski definition) is 7. The molecule has 0 bridgehead atoms. The Hall–Kier alpha value is -1.94. The largest absolute Gasteiger partial charge is 0.390 e. The Morgan fingerprint density at radius 2 is 2.16 bits per heavy atom. The summed E-state index contributed by atoms with van der Waals surface area (Å²) in [7, 11) is 0. The van der Waals surface area contributed by atoms with Gasteiger partial charge in [-0.1, -0.05) is 0 Å². The van der Waals surface area contributed by atoms with Crippen molar-refractivity contribution in [2.24, 2.45) is 0 Å². The molecule has 2 aromatic heterocycles. The standard InChI is InChI=1S/C8H8ClF2N7O/c9-5-15-6(13-1-8(10,11)2-19)17-7(16-5)18-4-12-3-14-18/h3-4,19H,1-2H2,(H,13,15,16,17). The van der Waals surface area contributed by atoms with E-state index in [1.54, 1.807) is 0 Å². The number of nitrogens with one attached hydrogen (secondary N) is 1. The van der Waals surface area contributed by atoms with Gasteiger partial charge in [0.2, 0.25) is 11.2 Å². The first kappa shape index (κ1) is 13.5. The van der Waals surface area contributed by atoms with Gasteiger partial charge in [0.25, 0.3) is 11.9 Å². The first-order valence-electron chi connectivity index (χ1n) is 4.99. The topological polar surface area (TPSA) is 102 Å². The van der Waals surface area contributed by atoms with Crippen LogP contribution in [0.1, 0.15) is 0 Å². The van der Waals surface area contributed by atoms with Gasteiger partial charge in [0.15, 0.2) is 0 Å². The summed E-state index contributed by atoms with van der Waals surface area (Å²) in [4.78, 5) is 14.9. The van der Waals surface area contributed by atoms with E-state index in [0.717, 1.165) is 0 Å². The van der Waals surface area contributed by atoms with Crippen LogP contribution in [0.15, 0.2) is 12.7 Å². The molecule has 0 saturated carbocycles. The van der Waals surface area contributed by atoms with Crippen molar-refractivity contribution < 1.29 is 13.9 Å². The number of hydrogen-bond donors (Lipinski definition) is 2. The summed E-state index contributed by atoms with van der Waals surface area (Å²) in [6.07, 6.45) is 2.57. The zero-order chi connectivity index (χ0) is 13.9. The minimum atomic E-state index is -3.29. The smallest absolute Gasteiger partial charge is 0.287 e. The summed E-state index contributed by atoms with van der Waals surface area (Å²) in [6, 6.07) is 0. The molecule has 11 heteroatoms. The van der Waals surface area contributed by atoms with E-state index in [-0.39, 0.29) is 17.2 Å². The minimum absolute atomic E-state index is 0.0346. The van der Waals surface area contributed by atoms with Gasteiger partial charge in [0.05, 0.1) is 6.54 Å². The number of aromatic nitrogens is 6. The van der Waals surface area contributed by atoms with Crippen molar-refractivity contribution in [2.75, 3.05) is 18.5 Å². The monoisotopic (exact) mass is 291 g/mol. The zero-order valence-electron chi connectivity index (χ0n) is 9.33. The third-order valence-electron chi connectivity index (χ3n) is 1.96. The molecule has 2 rings (SSSR count). The molecule has 8 nitrogen and oxygen atoms in total. The first-order chi connectivity index (χ1) is 9.00. The van der Waals surface area contributed by atoms with Crippen LogP contribution in [0.3, 0.4) is 0 Å². The molecule has 0 aliphatic carbocycles. The normalized spacial score (nSPS) is 11.6. The second kappa shape index (κ2) is 5.36. The van der Waals surface area contributed by atoms with Gasteiger partial charge in [-0.2, -0.15) is 24.7 Å². The second-order valence-corrected chi connectivity index (χ2v) is 3.77. The van der Waals surface area contributed by atoms with E-state index in [2.05, 4.69) is 30.4 Å². The van der Waals surface area contributed by atoms with E-state index in [1.807, 2.05) is 0 Å². The Morgan fingerprint density at radius 1 is 1.37 bits per heavy atom. The highest BCUT2D eigenvalue weighted by Gasteiger charge is 2.27. The van der Waals surface area contributed by atoms with Gasteiger partial charge in [-0.3, -0.25) is 0 Å². The number of anilines is 1. The lowest BCUT2D eigenvalue weighted by Crippen LogP contribution is -2.31. The molecule has 0 aliphatic heterocycles. The average Bonchev–Trinajstić information content (AvgIpc) is 2.90. The Kier molecular flexibility index (Phi) is 3.81. The van der Waals surface area contributed by atoms with Gasteiger partial charge >= 0.3 is 0 Å². The van der Waals surface area contributed by atoms with Crippen LogP contribution in [0.25, 0.3) is 5.95 Å². The average molecular weight is 292 g/mol. The zero-order valence-corrected chi connectivity index (χ0v) is 10.1. The highest BCUT2D eigenvalue weighted by Crippen LogP contribution is 2.14. The molecule has 0 spiro atoms. The molecule has 0 fully saturated rings. The molecule has 0 aromatic carbocycles. The molecular formula is C8H8ClF2N7O. The summed E-state index contributed by atoms with van der Waals surface area (Å²) in [5.74, 6) is -3.40. The third-order valence-corrected chi connectivity index (χ3v) is 2.13. The molecular weight excluding hydrogens is 284 g/mol. The number of rotatable bonds is 5. The van der Waals surface area contributed by atoms with Crippen LogP contribution >= 0.6 is 11.6 Å². The van der Waals surface area contributed by atoms with E-state index in [1.165, 1.54) is 17.3 Å². The third kappa shape index (κ3) is 3.51. The molecule has 19 heavy (non-hydrogen) atoms. The van der Waals surface area contributed by atoms with Crippen molar-refractivity contribution in [1.29, 1.82) is 0 Å². The fourth-order valence-corrected chi connectivity index (χ4v) is 1.25. The quantitative estimate of drug-likeness (QED) is 0.808. The predicted octanol–water partition coefficient (Wildman–Crippen LogP) is 0.145. The van der Waals surface area contributed by atoms with Crippen LogP contribution in [0.2, 0.25) is 5.28 Å². The van der Waals surface area contributed by atoms with Gasteiger partial charge in [0, 0.05) is 0 Å². The molecule has 0 atom stereocenters. The molecule has 2 aromatic rings. The molecule has 102 valence electrons.